The first-order chi connectivity index (χ1) is 16.6. The molecule has 1 aliphatic rings. The molecule has 5 rings (SSSR count). The average Bonchev–Trinajstić information content (AvgIpc) is 3.64. The molecule has 0 saturated carbocycles. The van der Waals surface area contributed by atoms with Gasteiger partial charge < -0.3 is 0 Å². The van der Waals surface area contributed by atoms with Crippen molar-refractivity contribution in [1.29, 1.82) is 0 Å². The molecule has 1 aliphatic carbocycles. The van der Waals surface area contributed by atoms with Crippen LogP contribution in [0.5, 0.6) is 0 Å². The largest absolute Gasteiger partial charge is 0.147 e. The van der Waals surface area contributed by atoms with E-state index in [1.54, 1.807) is 6.28 Å². The van der Waals surface area contributed by atoms with Gasteiger partial charge in [0.25, 0.3) is 0 Å². The van der Waals surface area contributed by atoms with Crippen LogP contribution >= 0.6 is 33.0 Å². The molecule has 4 aromatic rings. The molecular formula is C33H45Cl2PSiZr. The summed E-state index contributed by atoms with van der Waals surface area (Å²) < 4.78 is 19.0. The molecule has 0 fully saturated rings. The molecule has 38 heavy (non-hydrogen) atoms. The Morgan fingerprint density at radius 3 is 1.32 bits per heavy atom. The number of rotatable bonds is 6. The molecule has 0 spiro atoms. The van der Waals surface area contributed by atoms with Gasteiger partial charge in [0.2, 0.25) is 0 Å². The van der Waals surface area contributed by atoms with Crippen LogP contribution in [0.25, 0.3) is 0 Å². The van der Waals surface area contributed by atoms with E-state index >= 15 is 0 Å². The van der Waals surface area contributed by atoms with Crippen molar-refractivity contribution in [1.82, 2.24) is 0 Å². The van der Waals surface area contributed by atoms with E-state index in [4.69, 9.17) is 0 Å². The molecular weight excluding hydrogens is 618 g/mol. The van der Waals surface area contributed by atoms with Crippen LogP contribution in [0, 0.1) is 0 Å². The second kappa shape index (κ2) is 5.95. The van der Waals surface area contributed by atoms with Crippen molar-refractivity contribution in [3.05, 3.63) is 130 Å². The second-order valence-corrected chi connectivity index (χ2v) is 116. The van der Waals surface area contributed by atoms with E-state index < -0.39 is 16.4 Å². The standard InChI is InChI=1S/3C6H5.C5H5.C4H4P.C2H7Si.4CH3.2ClH.Zr/c3*1-2-4-6-5-3-1;2*1-2-4-5-3-1;1-3-2;;;;;;;/h3*1-5H;1-3H,4H2;1-3,5H;3H,1-2H3;4*1H3;2*1H;. The maximum atomic E-state index is 2.85. The van der Waals surface area contributed by atoms with Crippen LogP contribution in [-0.4, -0.2) is 5.92 Å². The smallest absolute Gasteiger partial charge is 0.147 e. The van der Waals surface area contributed by atoms with E-state index in [2.05, 4.69) is 159 Å². The summed E-state index contributed by atoms with van der Waals surface area (Å²) >= 11 is 0. The number of allylic oxidation sites excluding steroid dienone is 4. The van der Waals surface area contributed by atoms with Crippen molar-refractivity contribution < 1.29 is 10.5 Å². The molecule has 1 aromatic heterocycles. The number of halogens is 2. The van der Waals surface area contributed by atoms with Gasteiger partial charge in [-0.1, -0.05) is 0 Å². The fraction of sp³-hybridized carbons (Fsp3) is 0.212. The zero-order valence-corrected chi connectivity index (χ0v) is 30.0. The fourth-order valence-electron chi connectivity index (χ4n) is 11.0. The van der Waals surface area contributed by atoms with Gasteiger partial charge in [0.05, 0.1) is 0 Å². The first-order valence-electron chi connectivity index (χ1n) is 13.6. The third kappa shape index (κ3) is 1.87. The van der Waals surface area contributed by atoms with E-state index in [0.717, 1.165) is 6.42 Å². The Morgan fingerprint density at radius 1 is 0.605 bits per heavy atom. The SMILES string of the molecule is C[SiH](C)[Zr]([CH3])([CH3])([CH3])([CH3])([C]1=CC=CC1)([c]1ccccc1)([c]1ccccc1)([c]1ccccc1)[c]1ccc[pH]1.Cl.Cl. The molecule has 0 saturated heterocycles. The summed E-state index contributed by atoms with van der Waals surface area (Å²) in [7, 11) is -6.81. The van der Waals surface area contributed by atoms with Gasteiger partial charge in [-0.25, -0.2) is 0 Å². The van der Waals surface area contributed by atoms with Crippen LogP contribution in [-0.2, 0) is 10.5 Å². The Labute approximate surface area is 228 Å². The summed E-state index contributed by atoms with van der Waals surface area (Å²) in [5.74, 6) is 0.419. The monoisotopic (exact) mass is 660 g/mol. The van der Waals surface area contributed by atoms with Gasteiger partial charge in [0.15, 0.2) is 0 Å². The van der Waals surface area contributed by atoms with Crippen LogP contribution in [0.3, 0.4) is 0 Å². The van der Waals surface area contributed by atoms with Crippen molar-refractivity contribution in [2.75, 3.05) is 0 Å². The second-order valence-electron chi connectivity index (χ2n) is 18.8. The molecule has 0 radical (unpaired) electrons. The molecule has 1 heterocycles. The predicted octanol–water partition coefficient (Wildman–Crippen LogP) is 8.55. The van der Waals surface area contributed by atoms with Gasteiger partial charge in [-0.2, -0.15) is 0 Å². The Morgan fingerprint density at radius 2 is 1.03 bits per heavy atom. The van der Waals surface area contributed by atoms with Gasteiger partial charge in [-0.3, -0.25) is 0 Å². The molecule has 3 aromatic carbocycles. The van der Waals surface area contributed by atoms with E-state index in [0.29, 0.717) is 8.19 Å². The third-order valence-corrected chi connectivity index (χ3v) is 154. The Balaban J connectivity index is 0.00000200. The Kier molecular flexibility index (Phi) is 4.88. The van der Waals surface area contributed by atoms with Crippen molar-refractivity contribution in [2.24, 2.45) is 0 Å². The summed E-state index contributed by atoms with van der Waals surface area (Å²) in [5.41, 5.74) is 0. The molecule has 0 bridgehead atoms. The first-order valence-corrected chi connectivity index (χ1v) is 37.8. The minimum Gasteiger partial charge on any atom is -0.147 e. The molecule has 0 amide bonds. The molecule has 0 N–H and O–H groups in total. The van der Waals surface area contributed by atoms with E-state index in [1.807, 2.05) is 0 Å². The minimum absolute atomic E-state index is 0. The molecule has 5 heteroatoms. The summed E-state index contributed by atoms with van der Waals surface area (Å²) in [6.45, 7) is 5.32. The molecule has 1 unspecified atom stereocenters. The van der Waals surface area contributed by atoms with Crippen LogP contribution < -0.4 is 12.8 Å². The molecule has 0 nitrogen and oxygen atoms in total. The van der Waals surface area contributed by atoms with Gasteiger partial charge in [-0.15, -0.1) is 24.8 Å². The maximum absolute atomic E-state index is 7.40. The number of hydrogen-bond acceptors (Lipinski definition) is 0. The third-order valence-electron chi connectivity index (χ3n) is 17.0. The summed E-state index contributed by atoms with van der Waals surface area (Å²) in [6, 6.07) is 40.1. The van der Waals surface area contributed by atoms with E-state index in [9.17, 15) is 0 Å². The molecule has 1 atom stereocenters. The van der Waals surface area contributed by atoms with Crippen molar-refractivity contribution >= 4 is 51.7 Å². The summed E-state index contributed by atoms with van der Waals surface area (Å²) in [4.78, 5) is 0. The van der Waals surface area contributed by atoms with Crippen molar-refractivity contribution in [3.63, 3.8) is 0 Å². The normalized spacial score (nSPS) is 20.7. The topological polar surface area (TPSA) is 0 Å². The average molecular weight is 663 g/mol. The summed E-state index contributed by atoms with van der Waals surface area (Å²) in [5, 5.41) is 0. The minimum atomic E-state index is -7.40. The molecule has 204 valence electrons. The van der Waals surface area contributed by atoms with Crippen molar-refractivity contribution in [2.45, 2.75) is 38.0 Å². The number of benzene rings is 3. The van der Waals surface area contributed by atoms with Crippen molar-refractivity contribution in [3.8, 4) is 0 Å². The van der Waals surface area contributed by atoms with E-state index in [1.165, 1.54) is 9.81 Å². The first kappa shape index (κ1) is 31.1. The van der Waals surface area contributed by atoms with Crippen LogP contribution in [0.1, 0.15) is 6.42 Å². The maximum Gasteiger partial charge on any atom is -0.147 e. The Hall–Kier alpha value is -1.40. The fourth-order valence-corrected chi connectivity index (χ4v) is 99.0. The van der Waals surface area contributed by atoms with Gasteiger partial charge >= 0.3 is 206 Å². The number of hydrogen-bond donors (Lipinski definition) is 0. The van der Waals surface area contributed by atoms with Gasteiger partial charge in [0, 0.05) is 0 Å². The quantitative estimate of drug-likeness (QED) is 0.182. The van der Waals surface area contributed by atoms with Crippen LogP contribution in [0.2, 0.25) is 31.6 Å². The van der Waals surface area contributed by atoms with Gasteiger partial charge in [0.1, 0.15) is 0 Å². The zero-order chi connectivity index (χ0) is 26.0. The zero-order valence-electron chi connectivity index (χ0n) is 23.7. The Bertz CT molecular complexity index is 1620. The van der Waals surface area contributed by atoms with E-state index in [-0.39, 0.29) is 24.8 Å². The van der Waals surface area contributed by atoms with Crippen LogP contribution in [0.15, 0.2) is 130 Å². The van der Waals surface area contributed by atoms with Crippen LogP contribution in [0.4, 0.5) is 0 Å². The predicted molar refractivity (Wildman–Crippen MR) is 182 cm³/mol. The molecule has 0 aliphatic heterocycles. The summed E-state index contributed by atoms with van der Waals surface area (Å²) in [6.07, 6.45) is 8.18. The van der Waals surface area contributed by atoms with Gasteiger partial charge in [-0.05, 0) is 0 Å².